The van der Waals surface area contributed by atoms with Crippen LogP contribution in [0.1, 0.15) is 19.4 Å². The Morgan fingerprint density at radius 2 is 2.00 bits per heavy atom. The van der Waals surface area contributed by atoms with Gasteiger partial charge < -0.3 is 20.1 Å². The van der Waals surface area contributed by atoms with Crippen molar-refractivity contribution in [2.24, 2.45) is 0 Å². The third kappa shape index (κ3) is 6.70. The van der Waals surface area contributed by atoms with Crippen LogP contribution in [-0.4, -0.2) is 32.2 Å². The molecule has 1 aromatic carbocycles. The number of benzene rings is 1. The van der Waals surface area contributed by atoms with Crippen molar-refractivity contribution in [2.45, 2.75) is 26.3 Å². The fraction of sp³-hybridized carbons (Fsp3) is 0.438. The predicted octanol–water partition coefficient (Wildman–Crippen LogP) is 1.84. The topological polar surface area (TPSA) is 59.6 Å². The van der Waals surface area contributed by atoms with Crippen molar-refractivity contribution in [2.75, 3.05) is 20.3 Å². The van der Waals surface area contributed by atoms with Gasteiger partial charge in [0.2, 0.25) is 5.91 Å². The van der Waals surface area contributed by atoms with Gasteiger partial charge in [0.1, 0.15) is 12.4 Å². The Labute approximate surface area is 126 Å². The molecule has 1 atom stereocenters. The molecule has 1 unspecified atom stereocenters. The molecule has 1 rings (SSSR count). The zero-order valence-corrected chi connectivity index (χ0v) is 12.9. The summed E-state index contributed by atoms with van der Waals surface area (Å²) in [6.45, 7) is 8.36. The van der Waals surface area contributed by atoms with E-state index in [1.54, 1.807) is 7.11 Å². The van der Waals surface area contributed by atoms with E-state index in [4.69, 9.17) is 9.47 Å². The van der Waals surface area contributed by atoms with Crippen LogP contribution >= 0.6 is 0 Å². The van der Waals surface area contributed by atoms with Gasteiger partial charge in [-0.3, -0.25) is 4.79 Å². The summed E-state index contributed by atoms with van der Waals surface area (Å²) in [6.07, 6.45) is 0.684. The van der Waals surface area contributed by atoms with Crippen LogP contribution in [0.15, 0.2) is 36.7 Å². The number of carbonyl (C=O) groups is 1. The predicted molar refractivity (Wildman–Crippen MR) is 83.1 cm³/mol. The highest BCUT2D eigenvalue weighted by molar-refractivity contribution is 5.73. The van der Waals surface area contributed by atoms with E-state index in [1.807, 2.05) is 31.2 Å². The molecule has 0 aliphatic rings. The van der Waals surface area contributed by atoms with Crippen LogP contribution in [0.5, 0.6) is 5.75 Å². The first kappa shape index (κ1) is 16.9. The molecule has 0 aliphatic heterocycles. The summed E-state index contributed by atoms with van der Waals surface area (Å²) in [4.78, 5) is 11.3. The van der Waals surface area contributed by atoms with E-state index in [0.29, 0.717) is 18.9 Å². The summed E-state index contributed by atoms with van der Waals surface area (Å²) < 4.78 is 10.6. The van der Waals surface area contributed by atoms with Gasteiger partial charge in [-0.2, -0.15) is 0 Å². The molecule has 0 saturated carbocycles. The molecular formula is C16H24N2O3. The molecule has 0 fully saturated rings. The fourth-order valence-electron chi connectivity index (χ4n) is 1.93. The van der Waals surface area contributed by atoms with Crippen LogP contribution in [-0.2, 0) is 16.0 Å². The van der Waals surface area contributed by atoms with Gasteiger partial charge in [0.05, 0.1) is 13.2 Å². The van der Waals surface area contributed by atoms with Crippen molar-refractivity contribution >= 4 is 5.91 Å². The maximum atomic E-state index is 11.3. The molecule has 0 bridgehead atoms. The van der Waals surface area contributed by atoms with Gasteiger partial charge in [0.25, 0.3) is 0 Å². The van der Waals surface area contributed by atoms with Crippen molar-refractivity contribution < 1.29 is 14.3 Å². The largest absolute Gasteiger partial charge is 0.497 e. The van der Waals surface area contributed by atoms with Crippen LogP contribution in [0.25, 0.3) is 0 Å². The Balaban J connectivity index is 2.59. The highest BCUT2D eigenvalue weighted by Gasteiger charge is 2.12. The molecule has 0 aliphatic carbocycles. The average molecular weight is 292 g/mol. The fourth-order valence-corrected chi connectivity index (χ4v) is 1.93. The number of amides is 1. The maximum absolute atomic E-state index is 11.3. The first-order valence-electron chi connectivity index (χ1n) is 7.00. The molecule has 0 spiro atoms. The Morgan fingerprint density at radius 3 is 2.52 bits per heavy atom. The van der Waals surface area contributed by atoms with Crippen LogP contribution < -0.4 is 15.4 Å². The van der Waals surface area contributed by atoms with Gasteiger partial charge in [-0.05, 0) is 37.6 Å². The minimum atomic E-state index is -0.105. The highest BCUT2D eigenvalue weighted by Crippen LogP contribution is 2.13. The summed E-state index contributed by atoms with van der Waals surface area (Å²) in [7, 11) is 1.63. The van der Waals surface area contributed by atoms with E-state index >= 15 is 0 Å². The lowest BCUT2D eigenvalue weighted by molar-refractivity contribution is -0.120. The van der Waals surface area contributed by atoms with Crippen molar-refractivity contribution in [1.82, 2.24) is 10.6 Å². The Morgan fingerprint density at radius 1 is 1.33 bits per heavy atom. The summed E-state index contributed by atoms with van der Waals surface area (Å²) in [5.41, 5.74) is 1.10. The molecule has 116 valence electrons. The number of methoxy groups -OCH3 is 1. The maximum Gasteiger partial charge on any atom is 0.217 e. The summed E-state index contributed by atoms with van der Waals surface area (Å²) in [5.74, 6) is 1.25. The van der Waals surface area contributed by atoms with E-state index in [9.17, 15) is 4.79 Å². The molecule has 21 heavy (non-hydrogen) atoms. The minimum absolute atomic E-state index is 0.0776. The van der Waals surface area contributed by atoms with E-state index in [2.05, 4.69) is 17.2 Å². The van der Waals surface area contributed by atoms with Crippen LogP contribution in [0.4, 0.5) is 0 Å². The van der Waals surface area contributed by atoms with E-state index < -0.39 is 0 Å². The monoisotopic (exact) mass is 292 g/mol. The Kier molecular flexibility index (Phi) is 7.15. The number of ether oxygens (including phenoxy) is 2. The van der Waals surface area contributed by atoms with Crippen molar-refractivity contribution in [3.8, 4) is 5.75 Å². The number of hydrogen-bond acceptors (Lipinski definition) is 4. The van der Waals surface area contributed by atoms with Crippen molar-refractivity contribution in [1.29, 1.82) is 0 Å². The van der Waals surface area contributed by atoms with E-state index in [1.165, 1.54) is 6.92 Å². The van der Waals surface area contributed by atoms with E-state index in [-0.39, 0.29) is 11.9 Å². The highest BCUT2D eigenvalue weighted by atomic mass is 16.5. The number of carbonyl (C=O) groups excluding carboxylic acids is 1. The van der Waals surface area contributed by atoms with Crippen LogP contribution in [0.3, 0.4) is 0 Å². The normalized spacial score (nSPS) is 11.4. The number of hydrogen-bond donors (Lipinski definition) is 2. The van der Waals surface area contributed by atoms with E-state index in [0.717, 1.165) is 17.9 Å². The lowest BCUT2D eigenvalue weighted by atomic mass is 10.1. The van der Waals surface area contributed by atoms with Crippen molar-refractivity contribution in [3.05, 3.63) is 42.3 Å². The molecule has 2 N–H and O–H groups in total. The SMILES string of the molecule is C=C(NCC)OCC(Cc1ccc(OC)cc1)NC(C)=O. The molecule has 1 amide bonds. The Hall–Kier alpha value is -2.17. The summed E-state index contributed by atoms with van der Waals surface area (Å²) in [6, 6.07) is 7.66. The van der Waals surface area contributed by atoms with Crippen LogP contribution in [0.2, 0.25) is 0 Å². The van der Waals surface area contributed by atoms with Gasteiger partial charge >= 0.3 is 0 Å². The van der Waals surface area contributed by atoms with Crippen molar-refractivity contribution in [3.63, 3.8) is 0 Å². The molecule has 5 heteroatoms. The molecule has 1 aromatic rings. The zero-order valence-electron chi connectivity index (χ0n) is 12.9. The van der Waals surface area contributed by atoms with Gasteiger partial charge in [-0.1, -0.05) is 12.1 Å². The van der Waals surface area contributed by atoms with Crippen LogP contribution in [0, 0.1) is 0 Å². The first-order chi connectivity index (χ1) is 10.0. The first-order valence-corrected chi connectivity index (χ1v) is 7.00. The summed E-state index contributed by atoms with van der Waals surface area (Å²) in [5, 5.41) is 5.88. The zero-order chi connectivity index (χ0) is 15.7. The second-order valence-corrected chi connectivity index (χ2v) is 4.71. The molecule has 5 nitrogen and oxygen atoms in total. The third-order valence-corrected chi connectivity index (χ3v) is 2.88. The molecule has 0 radical (unpaired) electrons. The third-order valence-electron chi connectivity index (χ3n) is 2.88. The molecular weight excluding hydrogens is 268 g/mol. The lowest BCUT2D eigenvalue weighted by Gasteiger charge is -2.20. The standard InChI is InChI=1S/C16H24N2O3/c1-5-17-13(3)21-11-15(18-12(2)19)10-14-6-8-16(20-4)9-7-14/h6-9,15,17H,3,5,10-11H2,1-2,4H3,(H,18,19). The molecule has 0 aromatic heterocycles. The average Bonchev–Trinajstić information content (AvgIpc) is 2.45. The Bertz CT molecular complexity index is 457. The van der Waals surface area contributed by atoms with Gasteiger partial charge in [-0.25, -0.2) is 0 Å². The molecule has 0 heterocycles. The van der Waals surface area contributed by atoms with Gasteiger partial charge in [-0.15, -0.1) is 0 Å². The minimum Gasteiger partial charge on any atom is -0.497 e. The second-order valence-electron chi connectivity index (χ2n) is 4.71. The second kappa shape index (κ2) is 8.89. The quantitative estimate of drug-likeness (QED) is 0.682. The lowest BCUT2D eigenvalue weighted by Crippen LogP contribution is -2.39. The smallest absolute Gasteiger partial charge is 0.217 e. The van der Waals surface area contributed by atoms with Gasteiger partial charge in [0, 0.05) is 13.5 Å². The summed E-state index contributed by atoms with van der Waals surface area (Å²) >= 11 is 0. The number of rotatable bonds is 9. The van der Waals surface area contributed by atoms with Gasteiger partial charge in [0.15, 0.2) is 5.88 Å². The molecule has 0 saturated heterocycles. The number of nitrogens with one attached hydrogen (secondary N) is 2.